The van der Waals surface area contributed by atoms with Crippen LogP contribution in [-0.2, 0) is 9.47 Å². The predicted octanol–water partition coefficient (Wildman–Crippen LogP) is 0.00970. The summed E-state index contributed by atoms with van der Waals surface area (Å²) in [6, 6.07) is 0.389. The van der Waals surface area contributed by atoms with E-state index >= 15 is 0 Å². The minimum Gasteiger partial charge on any atom is -0.377 e. The predicted molar refractivity (Wildman–Crippen MR) is 39.1 cm³/mol. The highest BCUT2D eigenvalue weighted by Gasteiger charge is 2.26. The Labute approximate surface area is 61.7 Å². The van der Waals surface area contributed by atoms with E-state index in [9.17, 15) is 0 Å². The van der Waals surface area contributed by atoms with Gasteiger partial charge in [0.05, 0.1) is 25.4 Å². The van der Waals surface area contributed by atoms with Crippen molar-refractivity contribution in [1.29, 1.82) is 0 Å². The van der Waals surface area contributed by atoms with Crippen molar-refractivity contribution in [3.8, 4) is 0 Å². The van der Waals surface area contributed by atoms with Gasteiger partial charge >= 0.3 is 0 Å². The van der Waals surface area contributed by atoms with Gasteiger partial charge in [0.15, 0.2) is 0 Å². The number of hydrogen-bond donors (Lipinski definition) is 1. The molecule has 0 amide bonds. The summed E-state index contributed by atoms with van der Waals surface area (Å²) < 4.78 is 10.6. The highest BCUT2D eigenvalue weighted by molar-refractivity contribution is 4.80. The Morgan fingerprint density at radius 1 is 1.60 bits per heavy atom. The Hall–Kier alpha value is -0.120. The van der Waals surface area contributed by atoms with E-state index < -0.39 is 0 Å². The van der Waals surface area contributed by atoms with Gasteiger partial charge in [-0.3, -0.25) is 0 Å². The zero-order chi connectivity index (χ0) is 7.40. The van der Waals surface area contributed by atoms with Crippen LogP contribution < -0.4 is 5.32 Å². The maximum atomic E-state index is 5.42. The van der Waals surface area contributed by atoms with Crippen LogP contribution in [0.4, 0.5) is 0 Å². The Bertz CT molecular complexity index is 97.6. The van der Waals surface area contributed by atoms with E-state index in [1.165, 1.54) is 0 Å². The molecule has 0 bridgehead atoms. The first-order chi connectivity index (χ1) is 4.88. The summed E-state index contributed by atoms with van der Waals surface area (Å²) in [4.78, 5) is 0. The molecule has 3 heteroatoms. The second kappa shape index (κ2) is 3.91. The average Bonchev–Trinajstić information content (AvgIpc) is 2.36. The molecular formula is C7H15NO2. The second-order valence-corrected chi connectivity index (χ2v) is 2.43. The van der Waals surface area contributed by atoms with Crippen molar-refractivity contribution in [1.82, 2.24) is 5.32 Å². The topological polar surface area (TPSA) is 30.5 Å². The molecule has 0 radical (unpaired) electrons. The fourth-order valence-electron chi connectivity index (χ4n) is 1.18. The third kappa shape index (κ3) is 1.68. The third-order valence-corrected chi connectivity index (χ3v) is 1.78. The van der Waals surface area contributed by atoms with Crippen molar-refractivity contribution in [3.05, 3.63) is 0 Å². The van der Waals surface area contributed by atoms with Gasteiger partial charge < -0.3 is 14.8 Å². The van der Waals surface area contributed by atoms with E-state index in [2.05, 4.69) is 5.32 Å². The lowest BCUT2D eigenvalue weighted by molar-refractivity contribution is 0.0423. The van der Waals surface area contributed by atoms with Crippen LogP contribution in [0.5, 0.6) is 0 Å². The van der Waals surface area contributed by atoms with Crippen LogP contribution in [-0.4, -0.2) is 39.0 Å². The average molecular weight is 145 g/mol. The van der Waals surface area contributed by atoms with E-state index in [1.54, 1.807) is 0 Å². The van der Waals surface area contributed by atoms with Gasteiger partial charge in [-0.05, 0) is 14.0 Å². The molecule has 0 aliphatic carbocycles. The number of ether oxygens (including phenoxy) is 2. The molecule has 1 aliphatic rings. The molecule has 2 atom stereocenters. The van der Waals surface area contributed by atoms with Gasteiger partial charge in [0, 0.05) is 6.61 Å². The molecular weight excluding hydrogens is 130 g/mol. The van der Waals surface area contributed by atoms with Crippen molar-refractivity contribution in [2.75, 3.05) is 26.9 Å². The van der Waals surface area contributed by atoms with Gasteiger partial charge in [-0.25, -0.2) is 0 Å². The molecule has 0 unspecified atom stereocenters. The summed E-state index contributed by atoms with van der Waals surface area (Å²) >= 11 is 0. The Balaban J connectivity index is 2.27. The third-order valence-electron chi connectivity index (χ3n) is 1.78. The van der Waals surface area contributed by atoms with E-state index in [4.69, 9.17) is 9.47 Å². The molecule has 60 valence electrons. The van der Waals surface area contributed by atoms with E-state index in [0.29, 0.717) is 6.04 Å². The minimum absolute atomic E-state index is 0.259. The lowest BCUT2D eigenvalue weighted by Gasteiger charge is -2.15. The van der Waals surface area contributed by atoms with Crippen LogP contribution in [0.2, 0.25) is 0 Å². The lowest BCUT2D eigenvalue weighted by atomic mass is 10.2. The Kier molecular flexibility index (Phi) is 3.12. The molecule has 0 aromatic rings. The number of likely N-dealkylation sites (N-methyl/N-ethyl adjacent to an activating group) is 1. The number of hydrogen-bond acceptors (Lipinski definition) is 3. The largest absolute Gasteiger partial charge is 0.377 e. The normalized spacial score (nSPS) is 33.0. The highest BCUT2D eigenvalue weighted by atomic mass is 16.5. The van der Waals surface area contributed by atoms with Crippen molar-refractivity contribution in [2.45, 2.75) is 19.1 Å². The number of nitrogens with one attached hydrogen (secondary N) is 1. The standard InChI is InChI=1S/C7H15NO2/c1-3-10-7-5-9-4-6(7)8-2/h6-8H,3-5H2,1-2H3/t6-,7-/m0/s1. The zero-order valence-corrected chi connectivity index (χ0v) is 6.59. The summed E-state index contributed by atoms with van der Waals surface area (Å²) in [7, 11) is 1.94. The van der Waals surface area contributed by atoms with Crippen LogP contribution in [0.1, 0.15) is 6.92 Å². The molecule has 1 fully saturated rings. The van der Waals surface area contributed by atoms with Gasteiger partial charge in [0.2, 0.25) is 0 Å². The van der Waals surface area contributed by atoms with Crippen molar-refractivity contribution < 1.29 is 9.47 Å². The first kappa shape index (κ1) is 7.98. The lowest BCUT2D eigenvalue weighted by Crippen LogP contribution is -2.38. The molecule has 3 nitrogen and oxygen atoms in total. The van der Waals surface area contributed by atoms with Gasteiger partial charge in [0.25, 0.3) is 0 Å². The molecule has 1 rings (SSSR count). The SMILES string of the molecule is CCO[C@H]1COC[C@@H]1NC. The van der Waals surface area contributed by atoms with Gasteiger partial charge in [-0.15, -0.1) is 0 Å². The minimum atomic E-state index is 0.259. The summed E-state index contributed by atoms with van der Waals surface area (Å²) in [6.45, 7) is 4.29. The van der Waals surface area contributed by atoms with E-state index in [-0.39, 0.29) is 6.10 Å². The maximum Gasteiger partial charge on any atom is 0.0983 e. The van der Waals surface area contributed by atoms with Crippen molar-refractivity contribution in [3.63, 3.8) is 0 Å². The van der Waals surface area contributed by atoms with Crippen LogP contribution in [0.3, 0.4) is 0 Å². The summed E-state index contributed by atoms with van der Waals surface area (Å²) in [5.74, 6) is 0. The van der Waals surface area contributed by atoms with Crippen LogP contribution >= 0.6 is 0 Å². The molecule has 1 heterocycles. The summed E-state index contributed by atoms with van der Waals surface area (Å²) in [6.07, 6.45) is 0.259. The van der Waals surface area contributed by atoms with E-state index in [0.717, 1.165) is 19.8 Å². The Morgan fingerprint density at radius 2 is 2.40 bits per heavy atom. The summed E-state index contributed by atoms with van der Waals surface area (Å²) in [5, 5.41) is 3.15. The fourth-order valence-corrected chi connectivity index (χ4v) is 1.18. The molecule has 10 heavy (non-hydrogen) atoms. The molecule has 0 saturated carbocycles. The highest BCUT2D eigenvalue weighted by Crippen LogP contribution is 2.08. The second-order valence-electron chi connectivity index (χ2n) is 2.43. The smallest absolute Gasteiger partial charge is 0.0983 e. The molecule has 0 aromatic heterocycles. The first-order valence-electron chi connectivity index (χ1n) is 3.75. The molecule has 1 aliphatic heterocycles. The van der Waals surface area contributed by atoms with Crippen LogP contribution in [0.15, 0.2) is 0 Å². The van der Waals surface area contributed by atoms with Gasteiger partial charge in [0.1, 0.15) is 0 Å². The molecule has 1 N–H and O–H groups in total. The van der Waals surface area contributed by atoms with Crippen LogP contribution in [0.25, 0.3) is 0 Å². The van der Waals surface area contributed by atoms with Crippen LogP contribution in [0, 0.1) is 0 Å². The van der Waals surface area contributed by atoms with Gasteiger partial charge in [-0.1, -0.05) is 0 Å². The van der Waals surface area contributed by atoms with Gasteiger partial charge in [-0.2, -0.15) is 0 Å². The fraction of sp³-hybridized carbons (Fsp3) is 1.00. The molecule has 1 saturated heterocycles. The monoisotopic (exact) mass is 145 g/mol. The Morgan fingerprint density at radius 3 is 3.00 bits per heavy atom. The maximum absolute atomic E-state index is 5.42. The van der Waals surface area contributed by atoms with E-state index in [1.807, 2.05) is 14.0 Å². The molecule has 0 aromatic carbocycles. The van der Waals surface area contributed by atoms with Crippen molar-refractivity contribution >= 4 is 0 Å². The number of rotatable bonds is 3. The van der Waals surface area contributed by atoms with Crippen molar-refractivity contribution in [2.24, 2.45) is 0 Å². The zero-order valence-electron chi connectivity index (χ0n) is 6.59. The first-order valence-corrected chi connectivity index (χ1v) is 3.75. The summed E-state index contributed by atoms with van der Waals surface area (Å²) in [5.41, 5.74) is 0. The molecule has 0 spiro atoms. The quantitative estimate of drug-likeness (QED) is 0.607.